The van der Waals surface area contributed by atoms with Crippen LogP contribution in [-0.2, 0) is 83.2 Å². The second kappa shape index (κ2) is 31.7. The van der Waals surface area contributed by atoms with Gasteiger partial charge in [-0.25, -0.2) is 19.2 Å². The molecule has 0 N–H and O–H groups in total. The molecule has 22 heteroatoms. The van der Waals surface area contributed by atoms with Crippen LogP contribution in [0.5, 0.6) is 0 Å². The number of hydrogen-bond acceptors (Lipinski definition) is 16. The van der Waals surface area contributed by atoms with E-state index in [2.05, 4.69) is 0 Å². The number of nitrogens with zero attached hydrogens (tertiary/aromatic N) is 8. The SMILES string of the molecule is CC(C)C[C@H]1C(=O)O[C@H](Cc2ccc(Cn3ccc(-c4cccs4)n3)cc2)C(=O)N(C)[C@@H](CC(C)C)C(=O)O[C@H](C)C(=O)N(C)[C@@H](CC(C)C)C(=O)O[C@H](Cc2ccc(Cn3ccc(-c4cccs4)n3)cc2)C(=O)N(C)[C@@H](CC(C)C)C(=O)O[C@H](C)C(=O)N1C. The Morgan fingerprint density at radius 2 is 0.689 bits per heavy atom. The van der Waals surface area contributed by atoms with Crippen LogP contribution in [0.4, 0.5) is 0 Å². The molecule has 8 atom stereocenters. The zero-order valence-electron chi connectivity index (χ0n) is 54.3. The minimum absolute atomic E-state index is 0.0761. The Morgan fingerprint density at radius 1 is 0.400 bits per heavy atom. The summed E-state index contributed by atoms with van der Waals surface area (Å²) in [6.45, 7) is 18.5. The molecule has 20 nitrogen and oxygen atoms in total. The Morgan fingerprint density at radius 3 is 0.978 bits per heavy atom. The highest BCUT2D eigenvalue weighted by Gasteiger charge is 2.43. The maximum absolute atomic E-state index is 15.1. The zero-order valence-corrected chi connectivity index (χ0v) is 55.9. The van der Waals surface area contributed by atoms with E-state index in [0.717, 1.165) is 42.1 Å². The van der Waals surface area contributed by atoms with E-state index in [1.807, 2.05) is 173 Å². The molecule has 0 bridgehead atoms. The molecule has 1 fully saturated rings. The maximum Gasteiger partial charge on any atom is 0.329 e. The number of rotatable bonds is 18. The molecule has 0 unspecified atom stereocenters. The fraction of sp³-hybridized carbons (Fsp3) is 0.500. The monoisotopic (exact) mass is 1270 g/mol. The molecule has 0 spiro atoms. The summed E-state index contributed by atoms with van der Waals surface area (Å²) in [4.78, 5) is 125. The van der Waals surface area contributed by atoms with Crippen molar-refractivity contribution in [2.24, 2.45) is 23.7 Å². The van der Waals surface area contributed by atoms with E-state index in [4.69, 9.17) is 29.1 Å². The lowest BCUT2D eigenvalue weighted by atomic mass is 9.99. The lowest BCUT2D eigenvalue weighted by Crippen LogP contribution is -2.55. The summed E-state index contributed by atoms with van der Waals surface area (Å²) in [5, 5.41) is 13.4. The summed E-state index contributed by atoms with van der Waals surface area (Å²) in [7, 11) is 5.60. The number of ether oxygens (including phenoxy) is 4. The third kappa shape index (κ3) is 18.6. The van der Waals surface area contributed by atoms with Crippen LogP contribution in [0.3, 0.4) is 0 Å². The Bertz CT molecular complexity index is 3140. The van der Waals surface area contributed by atoms with Gasteiger partial charge < -0.3 is 38.5 Å². The van der Waals surface area contributed by atoms with Crippen LogP contribution < -0.4 is 0 Å². The summed E-state index contributed by atoms with van der Waals surface area (Å²) in [6.07, 6.45) is -2.27. The summed E-state index contributed by atoms with van der Waals surface area (Å²) >= 11 is 3.19. The fourth-order valence-electron chi connectivity index (χ4n) is 10.9. The molecule has 6 aromatic rings. The number of carbonyl (C=O) groups is 8. The van der Waals surface area contributed by atoms with Crippen molar-refractivity contribution < 1.29 is 57.3 Å². The average Bonchev–Trinajstić information content (AvgIpc) is 1.30. The second-order valence-electron chi connectivity index (χ2n) is 25.2. The van der Waals surface area contributed by atoms with E-state index in [9.17, 15) is 28.8 Å². The van der Waals surface area contributed by atoms with Gasteiger partial charge in [-0.3, -0.25) is 28.5 Å². The van der Waals surface area contributed by atoms with Gasteiger partial charge in [-0.05, 0) is 120 Å². The van der Waals surface area contributed by atoms with Crippen molar-refractivity contribution in [1.29, 1.82) is 0 Å². The number of amides is 4. The van der Waals surface area contributed by atoms with Crippen LogP contribution in [0, 0.1) is 23.7 Å². The highest BCUT2D eigenvalue weighted by Crippen LogP contribution is 2.27. The molecule has 1 aliphatic rings. The first-order chi connectivity index (χ1) is 42.7. The molecule has 484 valence electrons. The third-order valence-electron chi connectivity index (χ3n) is 15.9. The average molecular weight is 1270 g/mol. The van der Waals surface area contributed by atoms with Gasteiger partial charge in [0.1, 0.15) is 35.6 Å². The van der Waals surface area contributed by atoms with Crippen molar-refractivity contribution in [1.82, 2.24) is 39.2 Å². The standard InChI is InChI=1S/C68H88N8O12S2/c1-41(2)33-53-65(81)85-45(9)61(77)71(11)56(36-44(7)8)68(84)88-58(38-48-21-25-50(26-22-48)40-76-30-28-52(70-76)60-18-16-32-90-60)64(80)74(14)54(34-42(3)4)66(82)86-46(10)62(78)72(12)55(35-43(5)6)67(83)87-57(63(79)73(53)13)37-47-19-23-49(24-20-47)39-75-29-27-51(69-75)59-17-15-31-89-59/h15-32,41-46,53-58H,33-40H2,1-14H3/t45-,46-,53+,54+,55+,56+,57-,58-/m1/s1. The predicted octanol–water partition coefficient (Wildman–Crippen LogP) is 9.61. The second-order valence-corrected chi connectivity index (χ2v) is 27.1. The van der Waals surface area contributed by atoms with E-state index in [0.29, 0.717) is 24.2 Å². The Labute approximate surface area is 536 Å². The number of esters is 4. The maximum atomic E-state index is 15.1. The van der Waals surface area contributed by atoms with Crippen molar-refractivity contribution in [3.8, 4) is 21.1 Å². The number of aromatic nitrogens is 4. The van der Waals surface area contributed by atoms with Gasteiger partial charge in [0.15, 0.2) is 24.4 Å². The minimum atomic E-state index is -1.55. The van der Waals surface area contributed by atoms with Crippen LogP contribution >= 0.6 is 22.7 Å². The summed E-state index contributed by atoms with van der Waals surface area (Å²) in [5.74, 6) is -7.49. The van der Waals surface area contributed by atoms with Crippen LogP contribution in [0.1, 0.15) is 117 Å². The van der Waals surface area contributed by atoms with Gasteiger partial charge in [0.2, 0.25) is 0 Å². The molecule has 4 amide bonds. The van der Waals surface area contributed by atoms with Crippen LogP contribution in [-0.4, -0.2) is 163 Å². The topological polar surface area (TPSA) is 222 Å². The Kier molecular flexibility index (Phi) is 24.4. The lowest BCUT2D eigenvalue weighted by Gasteiger charge is -2.35. The minimum Gasteiger partial charge on any atom is -0.451 e. The Balaban J connectivity index is 1.22. The number of cyclic esters (lactones) is 4. The van der Waals surface area contributed by atoms with Gasteiger partial charge in [0.25, 0.3) is 23.6 Å². The first-order valence-electron chi connectivity index (χ1n) is 30.9. The van der Waals surface area contributed by atoms with Gasteiger partial charge >= 0.3 is 23.9 Å². The van der Waals surface area contributed by atoms with Crippen LogP contribution in [0.15, 0.2) is 108 Å². The van der Waals surface area contributed by atoms with Gasteiger partial charge in [0, 0.05) is 53.4 Å². The summed E-state index contributed by atoms with van der Waals surface area (Å²) in [6, 6.07) is 21.5. The van der Waals surface area contributed by atoms with Gasteiger partial charge in [-0.2, -0.15) is 10.2 Å². The highest BCUT2D eigenvalue weighted by atomic mass is 32.1. The van der Waals surface area contributed by atoms with Gasteiger partial charge in [-0.15, -0.1) is 22.7 Å². The van der Waals surface area contributed by atoms with E-state index in [1.165, 1.54) is 51.8 Å². The van der Waals surface area contributed by atoms with Crippen molar-refractivity contribution in [3.63, 3.8) is 0 Å². The molecule has 4 aromatic heterocycles. The number of hydrogen-bond donors (Lipinski definition) is 0. The molecule has 2 aromatic carbocycles. The molecular formula is C68H88N8O12S2. The van der Waals surface area contributed by atoms with Crippen LogP contribution in [0.2, 0.25) is 0 Å². The molecule has 0 radical (unpaired) electrons. The molecule has 1 aliphatic heterocycles. The fourth-order valence-corrected chi connectivity index (χ4v) is 12.2. The smallest absolute Gasteiger partial charge is 0.329 e. The summed E-state index contributed by atoms with van der Waals surface area (Å²) < 4.78 is 28.1. The normalized spacial score (nSPS) is 22.0. The third-order valence-corrected chi connectivity index (χ3v) is 17.7. The molecule has 0 aliphatic carbocycles. The first-order valence-corrected chi connectivity index (χ1v) is 32.6. The lowest BCUT2D eigenvalue weighted by molar-refractivity contribution is -0.176. The highest BCUT2D eigenvalue weighted by molar-refractivity contribution is 7.13. The number of carbonyl (C=O) groups excluding carboxylic acids is 8. The van der Waals surface area contributed by atoms with Gasteiger partial charge in [-0.1, -0.05) is 116 Å². The zero-order chi connectivity index (χ0) is 65.7. The van der Waals surface area contributed by atoms with Crippen molar-refractivity contribution in [2.45, 2.75) is 169 Å². The molecule has 7 rings (SSSR count). The predicted molar refractivity (Wildman–Crippen MR) is 344 cm³/mol. The largest absolute Gasteiger partial charge is 0.451 e. The van der Waals surface area contributed by atoms with Crippen LogP contribution in [0.25, 0.3) is 21.1 Å². The van der Waals surface area contributed by atoms with Crippen molar-refractivity contribution in [3.05, 3.63) is 130 Å². The van der Waals surface area contributed by atoms with Gasteiger partial charge in [0.05, 0.1) is 22.8 Å². The van der Waals surface area contributed by atoms with E-state index < -0.39 is 96.1 Å². The van der Waals surface area contributed by atoms with E-state index in [1.54, 1.807) is 22.7 Å². The number of thiophene rings is 2. The van der Waals surface area contributed by atoms with E-state index >= 15 is 9.59 Å². The molecule has 5 heterocycles. The first kappa shape index (κ1) is 69.5. The quantitative estimate of drug-likeness (QED) is 0.0578. The number of benzene rings is 2. The number of likely N-dealkylation sites (N-methyl/N-ethyl adjacent to an activating group) is 4. The van der Waals surface area contributed by atoms with E-state index in [-0.39, 0.29) is 62.2 Å². The molecule has 90 heavy (non-hydrogen) atoms. The molecular weight excluding hydrogens is 1180 g/mol. The summed E-state index contributed by atoms with van der Waals surface area (Å²) in [5.41, 5.74) is 4.74. The molecule has 1 saturated heterocycles. The molecule has 0 saturated carbocycles. The Hall–Kier alpha value is -7.98. The van der Waals surface area contributed by atoms with Crippen molar-refractivity contribution in [2.75, 3.05) is 28.2 Å². The van der Waals surface area contributed by atoms with Crippen molar-refractivity contribution >= 4 is 70.2 Å².